The molecular formula is C23H29ClN2O2. The molecule has 1 amide bonds. The van der Waals surface area contributed by atoms with E-state index in [-0.39, 0.29) is 18.6 Å². The molecule has 1 saturated heterocycles. The van der Waals surface area contributed by atoms with Crippen molar-refractivity contribution < 1.29 is 9.53 Å². The molecule has 1 aliphatic rings. The molecule has 4 nitrogen and oxygen atoms in total. The minimum Gasteiger partial charge on any atom is -0.484 e. The van der Waals surface area contributed by atoms with Gasteiger partial charge in [-0.05, 0) is 74.7 Å². The lowest BCUT2D eigenvalue weighted by molar-refractivity contribution is -0.123. The van der Waals surface area contributed by atoms with E-state index in [4.69, 9.17) is 16.3 Å². The number of benzene rings is 2. The Morgan fingerprint density at radius 1 is 1.11 bits per heavy atom. The maximum atomic E-state index is 12.4. The van der Waals surface area contributed by atoms with Crippen LogP contribution < -0.4 is 10.1 Å². The monoisotopic (exact) mass is 400 g/mol. The van der Waals surface area contributed by atoms with Gasteiger partial charge in [0.25, 0.3) is 5.91 Å². The molecule has 5 heteroatoms. The number of aryl methyl sites for hydroxylation is 2. The SMILES string of the molecule is Cc1ccc(OCC(=O)NC[C@H](c2ccccc2Cl)N2CCCCC2)cc1C. The van der Waals surface area contributed by atoms with Gasteiger partial charge in [0.1, 0.15) is 5.75 Å². The molecule has 0 unspecified atom stereocenters. The average Bonchev–Trinajstić information content (AvgIpc) is 2.71. The topological polar surface area (TPSA) is 41.6 Å². The minimum atomic E-state index is -0.118. The van der Waals surface area contributed by atoms with Gasteiger partial charge in [0, 0.05) is 11.6 Å². The molecule has 1 aliphatic heterocycles. The molecule has 0 aromatic heterocycles. The summed E-state index contributed by atoms with van der Waals surface area (Å²) < 4.78 is 5.66. The molecule has 0 bridgehead atoms. The highest BCUT2D eigenvalue weighted by atomic mass is 35.5. The molecule has 3 rings (SSSR count). The number of piperidine rings is 1. The number of nitrogens with zero attached hydrogens (tertiary/aromatic N) is 1. The van der Waals surface area contributed by atoms with Gasteiger partial charge in [-0.15, -0.1) is 0 Å². The zero-order valence-corrected chi connectivity index (χ0v) is 17.5. The number of hydrogen-bond acceptors (Lipinski definition) is 3. The van der Waals surface area contributed by atoms with Gasteiger partial charge >= 0.3 is 0 Å². The molecule has 1 atom stereocenters. The molecular weight excluding hydrogens is 372 g/mol. The molecule has 28 heavy (non-hydrogen) atoms. The summed E-state index contributed by atoms with van der Waals surface area (Å²) >= 11 is 6.46. The van der Waals surface area contributed by atoms with Gasteiger partial charge in [-0.1, -0.05) is 42.3 Å². The Morgan fingerprint density at radius 3 is 2.57 bits per heavy atom. The molecule has 0 radical (unpaired) electrons. The van der Waals surface area contributed by atoms with E-state index in [9.17, 15) is 4.79 Å². The fourth-order valence-corrected chi connectivity index (χ4v) is 3.89. The van der Waals surface area contributed by atoms with Gasteiger partial charge in [-0.3, -0.25) is 9.69 Å². The number of rotatable bonds is 7. The largest absolute Gasteiger partial charge is 0.484 e. The summed E-state index contributed by atoms with van der Waals surface area (Å²) in [5, 5.41) is 3.79. The third-order valence-electron chi connectivity index (χ3n) is 5.44. The van der Waals surface area contributed by atoms with Gasteiger partial charge in [-0.2, -0.15) is 0 Å². The smallest absolute Gasteiger partial charge is 0.258 e. The summed E-state index contributed by atoms with van der Waals surface area (Å²) in [4.78, 5) is 14.8. The Morgan fingerprint density at radius 2 is 1.86 bits per heavy atom. The first kappa shape index (κ1) is 20.7. The number of amides is 1. The molecule has 2 aromatic rings. The number of nitrogens with one attached hydrogen (secondary N) is 1. The lowest BCUT2D eigenvalue weighted by atomic mass is 10.0. The highest BCUT2D eigenvalue weighted by molar-refractivity contribution is 6.31. The Hall–Kier alpha value is -2.04. The van der Waals surface area contributed by atoms with E-state index in [0.29, 0.717) is 6.54 Å². The summed E-state index contributed by atoms with van der Waals surface area (Å²) in [7, 11) is 0. The van der Waals surface area contributed by atoms with Crippen LogP contribution in [0.1, 0.15) is 42.0 Å². The number of halogens is 1. The number of hydrogen-bond donors (Lipinski definition) is 1. The Balaban J connectivity index is 1.60. The van der Waals surface area contributed by atoms with Crippen molar-refractivity contribution in [3.8, 4) is 5.75 Å². The second-order valence-corrected chi connectivity index (χ2v) is 7.88. The number of carbonyl (C=O) groups is 1. The van der Waals surface area contributed by atoms with Crippen LogP contribution in [-0.4, -0.2) is 37.0 Å². The Bertz CT molecular complexity index is 803. The van der Waals surface area contributed by atoms with Crippen LogP contribution in [0.15, 0.2) is 42.5 Å². The third-order valence-corrected chi connectivity index (χ3v) is 5.78. The summed E-state index contributed by atoms with van der Waals surface area (Å²) in [5.41, 5.74) is 3.43. The van der Waals surface area contributed by atoms with Gasteiger partial charge in [0.2, 0.25) is 0 Å². The quantitative estimate of drug-likeness (QED) is 0.733. The Kier molecular flexibility index (Phi) is 7.35. The molecule has 0 aliphatic carbocycles. The van der Waals surface area contributed by atoms with Crippen molar-refractivity contribution in [1.82, 2.24) is 10.2 Å². The molecule has 150 valence electrons. The van der Waals surface area contributed by atoms with Crippen LogP contribution in [0.3, 0.4) is 0 Å². The van der Waals surface area contributed by atoms with Crippen molar-refractivity contribution in [2.45, 2.75) is 39.2 Å². The minimum absolute atomic E-state index is 0.0116. The van der Waals surface area contributed by atoms with Crippen molar-refractivity contribution >= 4 is 17.5 Å². The van der Waals surface area contributed by atoms with Crippen LogP contribution in [-0.2, 0) is 4.79 Å². The fraction of sp³-hybridized carbons (Fsp3) is 0.435. The average molecular weight is 401 g/mol. The first-order valence-electron chi connectivity index (χ1n) is 10.00. The van der Waals surface area contributed by atoms with Crippen LogP contribution in [0.2, 0.25) is 5.02 Å². The van der Waals surface area contributed by atoms with Crippen molar-refractivity contribution in [3.63, 3.8) is 0 Å². The third kappa shape index (κ3) is 5.49. The zero-order chi connectivity index (χ0) is 19.9. The normalized spacial score (nSPS) is 15.8. The van der Waals surface area contributed by atoms with E-state index in [1.807, 2.05) is 43.3 Å². The van der Waals surface area contributed by atoms with Gasteiger partial charge in [0.15, 0.2) is 6.61 Å². The molecule has 1 N–H and O–H groups in total. The van der Waals surface area contributed by atoms with E-state index in [1.165, 1.54) is 24.8 Å². The van der Waals surface area contributed by atoms with E-state index < -0.39 is 0 Å². The lowest BCUT2D eigenvalue weighted by Gasteiger charge is -2.35. The summed E-state index contributed by atoms with van der Waals surface area (Å²) in [5.74, 6) is 0.601. The summed E-state index contributed by atoms with van der Waals surface area (Å²) in [6.45, 7) is 6.70. The summed E-state index contributed by atoms with van der Waals surface area (Å²) in [6, 6.07) is 13.9. The van der Waals surface area contributed by atoms with Crippen LogP contribution >= 0.6 is 11.6 Å². The van der Waals surface area contributed by atoms with Crippen molar-refractivity contribution in [3.05, 3.63) is 64.2 Å². The first-order chi connectivity index (χ1) is 13.5. The second kappa shape index (κ2) is 9.94. The molecule has 0 saturated carbocycles. The fourth-order valence-electron chi connectivity index (χ4n) is 3.63. The van der Waals surface area contributed by atoms with Crippen LogP contribution in [0.5, 0.6) is 5.75 Å². The standard InChI is InChI=1S/C23H29ClN2O2/c1-17-10-11-19(14-18(17)2)28-16-23(27)25-15-22(26-12-6-3-7-13-26)20-8-4-5-9-21(20)24/h4-5,8-11,14,22H,3,6-7,12-13,15-16H2,1-2H3,(H,25,27)/t22-/m1/s1. The van der Waals surface area contributed by atoms with Gasteiger partial charge in [0.05, 0.1) is 6.04 Å². The van der Waals surface area contributed by atoms with Crippen molar-refractivity contribution in [1.29, 1.82) is 0 Å². The van der Waals surface area contributed by atoms with E-state index in [0.717, 1.165) is 35.0 Å². The van der Waals surface area contributed by atoms with E-state index in [1.54, 1.807) is 0 Å². The van der Waals surface area contributed by atoms with Crippen molar-refractivity contribution in [2.24, 2.45) is 0 Å². The highest BCUT2D eigenvalue weighted by Gasteiger charge is 2.24. The van der Waals surface area contributed by atoms with Crippen molar-refractivity contribution in [2.75, 3.05) is 26.2 Å². The molecule has 0 spiro atoms. The lowest BCUT2D eigenvalue weighted by Crippen LogP contribution is -2.41. The van der Waals surface area contributed by atoms with Crippen LogP contribution in [0.25, 0.3) is 0 Å². The van der Waals surface area contributed by atoms with Crippen LogP contribution in [0.4, 0.5) is 0 Å². The highest BCUT2D eigenvalue weighted by Crippen LogP contribution is 2.29. The first-order valence-corrected chi connectivity index (χ1v) is 10.4. The van der Waals surface area contributed by atoms with E-state index >= 15 is 0 Å². The zero-order valence-electron chi connectivity index (χ0n) is 16.7. The molecule has 2 aromatic carbocycles. The second-order valence-electron chi connectivity index (χ2n) is 7.47. The van der Waals surface area contributed by atoms with Crippen LogP contribution in [0, 0.1) is 13.8 Å². The summed E-state index contributed by atoms with van der Waals surface area (Å²) in [6.07, 6.45) is 3.64. The maximum absolute atomic E-state index is 12.4. The van der Waals surface area contributed by atoms with Gasteiger partial charge in [-0.25, -0.2) is 0 Å². The number of ether oxygens (including phenoxy) is 1. The molecule has 1 fully saturated rings. The van der Waals surface area contributed by atoms with E-state index in [2.05, 4.69) is 23.2 Å². The maximum Gasteiger partial charge on any atom is 0.258 e. The van der Waals surface area contributed by atoms with Gasteiger partial charge < -0.3 is 10.1 Å². The number of likely N-dealkylation sites (tertiary alicyclic amines) is 1. The number of carbonyl (C=O) groups excluding carboxylic acids is 1. The Labute approximate surface area is 172 Å². The predicted molar refractivity (Wildman–Crippen MR) is 114 cm³/mol. The predicted octanol–water partition coefficient (Wildman–Crippen LogP) is 4.68. The molecule has 1 heterocycles.